The van der Waals surface area contributed by atoms with Crippen molar-refractivity contribution in [3.8, 4) is 0 Å². The van der Waals surface area contributed by atoms with E-state index in [-0.39, 0.29) is 30.6 Å². The molecule has 0 spiro atoms. The second-order valence-electron chi connectivity index (χ2n) is 6.34. The van der Waals surface area contributed by atoms with Crippen molar-refractivity contribution < 1.29 is 14.7 Å². The molecule has 0 aliphatic carbocycles. The first-order chi connectivity index (χ1) is 11.1. The lowest BCUT2D eigenvalue weighted by molar-refractivity contribution is -0.133. The van der Waals surface area contributed by atoms with E-state index in [1.165, 1.54) is 5.56 Å². The van der Waals surface area contributed by atoms with E-state index in [0.29, 0.717) is 31.5 Å². The van der Waals surface area contributed by atoms with E-state index in [1.807, 2.05) is 24.3 Å². The maximum atomic E-state index is 12.2. The highest BCUT2D eigenvalue weighted by Crippen LogP contribution is 2.14. The van der Waals surface area contributed by atoms with E-state index in [2.05, 4.69) is 6.92 Å². The lowest BCUT2D eigenvalue weighted by Crippen LogP contribution is -2.40. The van der Waals surface area contributed by atoms with Crippen LogP contribution in [0.3, 0.4) is 0 Å². The zero-order valence-electron chi connectivity index (χ0n) is 14.0. The summed E-state index contributed by atoms with van der Waals surface area (Å²) in [6.45, 7) is 3.36. The van der Waals surface area contributed by atoms with Gasteiger partial charge < -0.3 is 10.0 Å². The lowest BCUT2D eigenvalue weighted by Gasteiger charge is -2.29. The van der Waals surface area contributed by atoms with Crippen LogP contribution in [0.1, 0.15) is 61.4 Å². The maximum absolute atomic E-state index is 12.2. The SMILES string of the molecule is CCCCc1ccc(C(=O)CCC(=O)N2CCC(O)CC2)cc1. The second-order valence-corrected chi connectivity index (χ2v) is 6.34. The molecule has 1 aromatic rings. The van der Waals surface area contributed by atoms with Crippen molar-refractivity contribution >= 4 is 11.7 Å². The van der Waals surface area contributed by atoms with Crippen molar-refractivity contribution in [1.82, 2.24) is 4.90 Å². The highest BCUT2D eigenvalue weighted by Gasteiger charge is 2.21. The van der Waals surface area contributed by atoms with E-state index in [0.717, 1.165) is 19.3 Å². The van der Waals surface area contributed by atoms with Gasteiger partial charge in [0.1, 0.15) is 0 Å². The number of aliphatic hydroxyl groups is 1. The molecule has 0 atom stereocenters. The molecule has 2 rings (SSSR count). The van der Waals surface area contributed by atoms with E-state index >= 15 is 0 Å². The highest BCUT2D eigenvalue weighted by atomic mass is 16.3. The van der Waals surface area contributed by atoms with Crippen LogP contribution in [0.25, 0.3) is 0 Å². The van der Waals surface area contributed by atoms with E-state index in [4.69, 9.17) is 0 Å². The normalized spacial score (nSPS) is 15.7. The van der Waals surface area contributed by atoms with Crippen molar-refractivity contribution in [1.29, 1.82) is 0 Å². The Bertz CT molecular complexity index is 516. The fourth-order valence-corrected chi connectivity index (χ4v) is 2.88. The van der Waals surface area contributed by atoms with Gasteiger partial charge in [-0.15, -0.1) is 0 Å². The van der Waals surface area contributed by atoms with Gasteiger partial charge in [0.15, 0.2) is 5.78 Å². The van der Waals surface area contributed by atoms with Crippen LogP contribution in [-0.2, 0) is 11.2 Å². The van der Waals surface area contributed by atoms with Crippen LogP contribution in [0, 0.1) is 0 Å². The topological polar surface area (TPSA) is 57.6 Å². The molecule has 0 radical (unpaired) electrons. The van der Waals surface area contributed by atoms with Crippen LogP contribution in [0.2, 0.25) is 0 Å². The summed E-state index contributed by atoms with van der Waals surface area (Å²) in [5.74, 6) is 0.0438. The van der Waals surface area contributed by atoms with E-state index in [9.17, 15) is 14.7 Å². The van der Waals surface area contributed by atoms with Crippen LogP contribution in [0.4, 0.5) is 0 Å². The summed E-state index contributed by atoms with van der Waals surface area (Å²) in [6, 6.07) is 7.76. The Morgan fingerprint density at radius 1 is 1.13 bits per heavy atom. The lowest BCUT2D eigenvalue weighted by atomic mass is 10.0. The van der Waals surface area contributed by atoms with Crippen molar-refractivity contribution in [2.24, 2.45) is 0 Å². The average molecular weight is 317 g/mol. The fourth-order valence-electron chi connectivity index (χ4n) is 2.88. The second kappa shape index (κ2) is 8.82. The Kier molecular flexibility index (Phi) is 6.78. The molecule has 0 bridgehead atoms. The van der Waals surface area contributed by atoms with Crippen molar-refractivity contribution in [2.75, 3.05) is 13.1 Å². The monoisotopic (exact) mass is 317 g/mol. The third-order valence-corrected chi connectivity index (χ3v) is 4.48. The van der Waals surface area contributed by atoms with Gasteiger partial charge >= 0.3 is 0 Å². The standard InChI is InChI=1S/C19H27NO3/c1-2-3-4-15-5-7-16(8-6-15)18(22)9-10-19(23)20-13-11-17(21)12-14-20/h5-8,17,21H,2-4,9-14H2,1H3. The van der Waals surface area contributed by atoms with Gasteiger partial charge in [0.2, 0.25) is 5.91 Å². The number of unbranched alkanes of at least 4 members (excludes halogenated alkanes) is 1. The summed E-state index contributed by atoms with van der Waals surface area (Å²) in [4.78, 5) is 26.1. The molecule has 1 heterocycles. The molecule has 23 heavy (non-hydrogen) atoms. The van der Waals surface area contributed by atoms with Crippen LogP contribution in [0.5, 0.6) is 0 Å². The quantitative estimate of drug-likeness (QED) is 0.787. The molecular weight excluding hydrogens is 290 g/mol. The van der Waals surface area contributed by atoms with Crippen molar-refractivity contribution in [3.63, 3.8) is 0 Å². The van der Waals surface area contributed by atoms with Crippen LogP contribution in [0.15, 0.2) is 24.3 Å². The van der Waals surface area contributed by atoms with Gasteiger partial charge in [-0.1, -0.05) is 37.6 Å². The number of Topliss-reactive ketones (excluding diaryl/α,β-unsaturated/α-hetero) is 1. The number of carbonyl (C=O) groups excluding carboxylic acids is 2. The van der Waals surface area contributed by atoms with Gasteiger partial charge in [-0.2, -0.15) is 0 Å². The first-order valence-corrected chi connectivity index (χ1v) is 8.68. The summed E-state index contributed by atoms with van der Waals surface area (Å²) < 4.78 is 0. The van der Waals surface area contributed by atoms with Crippen LogP contribution < -0.4 is 0 Å². The minimum Gasteiger partial charge on any atom is -0.393 e. The van der Waals surface area contributed by atoms with Gasteiger partial charge in [-0.3, -0.25) is 9.59 Å². The predicted octanol–water partition coefficient (Wildman–Crippen LogP) is 2.98. The fraction of sp³-hybridized carbons (Fsp3) is 0.579. The number of hydrogen-bond donors (Lipinski definition) is 1. The number of aliphatic hydroxyl groups excluding tert-OH is 1. The molecule has 4 heteroatoms. The molecule has 0 saturated carbocycles. The zero-order chi connectivity index (χ0) is 16.7. The number of likely N-dealkylation sites (tertiary alicyclic amines) is 1. The molecule has 0 unspecified atom stereocenters. The van der Waals surface area contributed by atoms with Gasteiger partial charge in [-0.05, 0) is 31.2 Å². The van der Waals surface area contributed by atoms with Crippen molar-refractivity contribution in [2.45, 2.75) is 58.0 Å². The minimum atomic E-state index is -0.285. The largest absolute Gasteiger partial charge is 0.393 e. The Morgan fingerprint density at radius 3 is 2.39 bits per heavy atom. The zero-order valence-corrected chi connectivity index (χ0v) is 14.0. The number of benzene rings is 1. The Hall–Kier alpha value is -1.68. The molecule has 1 amide bonds. The molecule has 1 aliphatic rings. The minimum absolute atomic E-state index is 0.0183. The van der Waals surface area contributed by atoms with Crippen LogP contribution >= 0.6 is 0 Å². The smallest absolute Gasteiger partial charge is 0.223 e. The molecule has 0 aromatic heterocycles. The summed E-state index contributed by atoms with van der Waals surface area (Å²) in [7, 11) is 0. The molecule has 1 aromatic carbocycles. The van der Waals surface area contributed by atoms with Gasteiger partial charge in [-0.25, -0.2) is 0 Å². The first kappa shape index (κ1) is 17.7. The molecular formula is C19H27NO3. The number of piperidine rings is 1. The molecule has 4 nitrogen and oxygen atoms in total. The maximum Gasteiger partial charge on any atom is 0.223 e. The number of rotatable bonds is 7. The van der Waals surface area contributed by atoms with E-state index in [1.54, 1.807) is 4.90 Å². The Balaban J connectivity index is 1.78. The average Bonchev–Trinajstić information content (AvgIpc) is 2.58. The molecule has 1 N–H and O–H groups in total. The van der Waals surface area contributed by atoms with Gasteiger partial charge in [0.25, 0.3) is 0 Å². The predicted molar refractivity (Wildman–Crippen MR) is 90.4 cm³/mol. The number of carbonyl (C=O) groups is 2. The molecule has 126 valence electrons. The van der Waals surface area contributed by atoms with Gasteiger partial charge in [0.05, 0.1) is 6.10 Å². The summed E-state index contributed by atoms with van der Waals surface area (Å²) in [5, 5.41) is 9.46. The Labute approximate surface area is 138 Å². The molecule has 1 fully saturated rings. The Morgan fingerprint density at radius 2 is 1.78 bits per heavy atom. The highest BCUT2D eigenvalue weighted by molar-refractivity contribution is 5.98. The van der Waals surface area contributed by atoms with E-state index < -0.39 is 0 Å². The number of nitrogens with zero attached hydrogens (tertiary/aromatic N) is 1. The summed E-state index contributed by atoms with van der Waals surface area (Å²) in [6.07, 6.45) is 4.87. The first-order valence-electron chi connectivity index (χ1n) is 8.68. The number of aryl methyl sites for hydroxylation is 1. The molecule has 1 saturated heterocycles. The summed E-state index contributed by atoms with van der Waals surface area (Å²) in [5.41, 5.74) is 1.94. The summed E-state index contributed by atoms with van der Waals surface area (Å²) >= 11 is 0. The van der Waals surface area contributed by atoms with Gasteiger partial charge in [0, 0.05) is 31.5 Å². The number of ketones is 1. The van der Waals surface area contributed by atoms with Crippen LogP contribution in [-0.4, -0.2) is 40.9 Å². The number of hydrogen-bond acceptors (Lipinski definition) is 3. The third-order valence-electron chi connectivity index (χ3n) is 4.48. The van der Waals surface area contributed by atoms with Crippen molar-refractivity contribution in [3.05, 3.63) is 35.4 Å². The molecule has 1 aliphatic heterocycles. The number of amides is 1. The third kappa shape index (κ3) is 5.47.